The van der Waals surface area contributed by atoms with E-state index in [4.69, 9.17) is 5.73 Å². The SMILES string of the molecule is CN(C)CC1CC(O)CN1C(=O)c1ccnc(N)c1F. The Labute approximate surface area is 117 Å². The summed E-state index contributed by atoms with van der Waals surface area (Å²) < 4.78 is 13.9. The molecule has 2 rings (SSSR count). The van der Waals surface area contributed by atoms with Crippen molar-refractivity contribution in [3.05, 3.63) is 23.6 Å². The number of amides is 1. The van der Waals surface area contributed by atoms with E-state index in [9.17, 15) is 14.3 Å². The van der Waals surface area contributed by atoms with E-state index in [0.717, 1.165) is 0 Å². The lowest BCUT2D eigenvalue weighted by Crippen LogP contribution is -2.41. The van der Waals surface area contributed by atoms with Gasteiger partial charge >= 0.3 is 0 Å². The zero-order valence-corrected chi connectivity index (χ0v) is 11.6. The van der Waals surface area contributed by atoms with Gasteiger partial charge in [0.2, 0.25) is 0 Å². The molecule has 0 radical (unpaired) electrons. The molecule has 1 amide bonds. The quantitative estimate of drug-likeness (QED) is 0.811. The second kappa shape index (κ2) is 5.72. The maximum absolute atomic E-state index is 13.9. The predicted octanol–water partition coefficient (Wildman–Crippen LogP) is -0.0601. The third kappa shape index (κ3) is 2.88. The van der Waals surface area contributed by atoms with E-state index in [0.29, 0.717) is 13.0 Å². The lowest BCUT2D eigenvalue weighted by Gasteiger charge is -2.27. The molecule has 2 unspecified atom stereocenters. The fraction of sp³-hybridized carbons (Fsp3) is 0.538. The third-order valence-electron chi connectivity index (χ3n) is 3.38. The molecule has 6 nitrogen and oxygen atoms in total. The number of aromatic nitrogens is 1. The molecule has 0 saturated carbocycles. The predicted molar refractivity (Wildman–Crippen MR) is 72.6 cm³/mol. The molecule has 1 fully saturated rings. The molecule has 7 heteroatoms. The summed E-state index contributed by atoms with van der Waals surface area (Å²) in [6.07, 6.45) is 1.22. The Bertz CT molecular complexity index is 509. The summed E-state index contributed by atoms with van der Waals surface area (Å²) in [7, 11) is 3.77. The van der Waals surface area contributed by atoms with Gasteiger partial charge in [-0.2, -0.15) is 0 Å². The first-order chi connectivity index (χ1) is 9.40. The fourth-order valence-corrected chi connectivity index (χ4v) is 2.52. The summed E-state index contributed by atoms with van der Waals surface area (Å²) in [6.45, 7) is 0.823. The van der Waals surface area contributed by atoms with Crippen LogP contribution in [0.3, 0.4) is 0 Å². The number of likely N-dealkylation sites (tertiary alicyclic amines) is 1. The maximum atomic E-state index is 13.9. The van der Waals surface area contributed by atoms with E-state index < -0.39 is 17.8 Å². The van der Waals surface area contributed by atoms with Crippen LogP contribution in [-0.4, -0.2) is 65.1 Å². The van der Waals surface area contributed by atoms with E-state index in [-0.39, 0.29) is 24.0 Å². The number of hydrogen-bond donors (Lipinski definition) is 2. The third-order valence-corrected chi connectivity index (χ3v) is 3.38. The Kier molecular flexibility index (Phi) is 4.20. The van der Waals surface area contributed by atoms with Gasteiger partial charge in [0, 0.05) is 25.3 Å². The topological polar surface area (TPSA) is 82.7 Å². The molecule has 1 aliphatic heterocycles. The molecule has 1 saturated heterocycles. The van der Waals surface area contributed by atoms with Crippen molar-refractivity contribution in [2.75, 3.05) is 32.9 Å². The minimum Gasteiger partial charge on any atom is -0.391 e. The van der Waals surface area contributed by atoms with Gasteiger partial charge in [0.05, 0.1) is 11.7 Å². The highest BCUT2D eigenvalue weighted by Gasteiger charge is 2.36. The zero-order chi connectivity index (χ0) is 14.9. The number of nitrogens with two attached hydrogens (primary N) is 1. The van der Waals surface area contributed by atoms with Gasteiger partial charge in [0.15, 0.2) is 11.6 Å². The number of carbonyl (C=O) groups is 1. The van der Waals surface area contributed by atoms with Gasteiger partial charge in [0.25, 0.3) is 5.91 Å². The normalized spacial score (nSPS) is 22.6. The minimum atomic E-state index is -0.803. The van der Waals surface area contributed by atoms with Crippen molar-refractivity contribution < 1.29 is 14.3 Å². The van der Waals surface area contributed by atoms with Gasteiger partial charge in [-0.05, 0) is 26.6 Å². The van der Waals surface area contributed by atoms with Crippen molar-refractivity contribution in [3.63, 3.8) is 0 Å². The van der Waals surface area contributed by atoms with Crippen LogP contribution in [0, 0.1) is 5.82 Å². The number of likely N-dealkylation sites (N-methyl/N-ethyl adjacent to an activating group) is 1. The van der Waals surface area contributed by atoms with Gasteiger partial charge in [-0.1, -0.05) is 0 Å². The summed E-state index contributed by atoms with van der Waals surface area (Å²) in [5.41, 5.74) is 5.28. The van der Waals surface area contributed by atoms with Crippen molar-refractivity contribution in [3.8, 4) is 0 Å². The Morgan fingerprint density at radius 2 is 2.35 bits per heavy atom. The van der Waals surface area contributed by atoms with E-state index in [1.54, 1.807) is 0 Å². The number of nitrogens with zero attached hydrogens (tertiary/aromatic N) is 3. The van der Waals surface area contributed by atoms with E-state index >= 15 is 0 Å². The summed E-state index contributed by atoms with van der Waals surface area (Å²) in [5.74, 6) is -1.55. The molecule has 110 valence electrons. The van der Waals surface area contributed by atoms with Crippen LogP contribution in [0.4, 0.5) is 10.2 Å². The van der Waals surface area contributed by atoms with E-state index in [1.807, 2.05) is 19.0 Å². The molecule has 20 heavy (non-hydrogen) atoms. The first kappa shape index (κ1) is 14.7. The average molecular weight is 282 g/mol. The number of anilines is 1. The molecule has 0 spiro atoms. The number of rotatable bonds is 3. The number of halogens is 1. The highest BCUT2D eigenvalue weighted by molar-refractivity contribution is 5.95. The van der Waals surface area contributed by atoms with Crippen LogP contribution in [0.5, 0.6) is 0 Å². The molecule has 1 aromatic heterocycles. The lowest BCUT2D eigenvalue weighted by molar-refractivity contribution is 0.0694. The van der Waals surface area contributed by atoms with Crippen molar-refractivity contribution in [1.82, 2.24) is 14.8 Å². The summed E-state index contributed by atoms with van der Waals surface area (Å²) in [4.78, 5) is 19.5. The largest absolute Gasteiger partial charge is 0.391 e. The fourth-order valence-electron chi connectivity index (χ4n) is 2.52. The molecule has 1 aromatic rings. The number of hydrogen-bond acceptors (Lipinski definition) is 5. The van der Waals surface area contributed by atoms with Crippen LogP contribution >= 0.6 is 0 Å². The second-order valence-corrected chi connectivity index (χ2v) is 5.32. The van der Waals surface area contributed by atoms with Crippen molar-refractivity contribution in [1.29, 1.82) is 0 Å². The maximum Gasteiger partial charge on any atom is 0.257 e. The van der Waals surface area contributed by atoms with Crippen LogP contribution in [-0.2, 0) is 0 Å². The smallest absolute Gasteiger partial charge is 0.257 e. The first-order valence-corrected chi connectivity index (χ1v) is 6.44. The molecule has 2 atom stereocenters. The Balaban J connectivity index is 2.24. The highest BCUT2D eigenvalue weighted by atomic mass is 19.1. The van der Waals surface area contributed by atoms with Gasteiger partial charge in [-0.25, -0.2) is 9.37 Å². The van der Waals surface area contributed by atoms with Crippen LogP contribution < -0.4 is 5.73 Å². The Hall–Kier alpha value is -1.73. The van der Waals surface area contributed by atoms with E-state index in [2.05, 4.69) is 4.98 Å². The van der Waals surface area contributed by atoms with Crippen LogP contribution in [0.25, 0.3) is 0 Å². The van der Waals surface area contributed by atoms with Gasteiger partial charge in [0.1, 0.15) is 0 Å². The molecule has 3 N–H and O–H groups in total. The van der Waals surface area contributed by atoms with Crippen LogP contribution in [0.2, 0.25) is 0 Å². The van der Waals surface area contributed by atoms with E-state index in [1.165, 1.54) is 17.2 Å². The number of pyridine rings is 1. The molecule has 0 aliphatic carbocycles. The molecular weight excluding hydrogens is 263 g/mol. The van der Waals surface area contributed by atoms with Gasteiger partial charge in [-0.15, -0.1) is 0 Å². The van der Waals surface area contributed by atoms with Crippen molar-refractivity contribution >= 4 is 11.7 Å². The Morgan fingerprint density at radius 1 is 1.65 bits per heavy atom. The van der Waals surface area contributed by atoms with Crippen molar-refractivity contribution in [2.45, 2.75) is 18.6 Å². The number of aliphatic hydroxyl groups excluding tert-OH is 1. The summed E-state index contributed by atoms with van der Waals surface area (Å²) in [5, 5.41) is 9.76. The molecular formula is C13H19FN4O2. The molecule has 0 bridgehead atoms. The summed E-state index contributed by atoms with van der Waals surface area (Å²) in [6, 6.07) is 1.17. The molecule has 1 aliphatic rings. The second-order valence-electron chi connectivity index (χ2n) is 5.32. The number of nitrogen functional groups attached to an aromatic ring is 1. The average Bonchev–Trinajstić information content (AvgIpc) is 2.72. The minimum absolute atomic E-state index is 0.102. The lowest BCUT2D eigenvalue weighted by atomic mass is 10.1. The van der Waals surface area contributed by atoms with Gasteiger partial charge in [-0.3, -0.25) is 4.79 Å². The standard InChI is InChI=1S/C13H19FN4O2/c1-17(2)6-8-5-9(19)7-18(8)13(20)10-3-4-16-12(15)11(10)14/h3-4,8-9,19H,5-7H2,1-2H3,(H2,15,16). The van der Waals surface area contributed by atoms with Crippen LogP contribution in [0.15, 0.2) is 12.3 Å². The molecule has 0 aromatic carbocycles. The monoisotopic (exact) mass is 282 g/mol. The van der Waals surface area contributed by atoms with Crippen molar-refractivity contribution in [2.24, 2.45) is 0 Å². The number of aliphatic hydroxyl groups is 1. The van der Waals surface area contributed by atoms with Crippen LogP contribution in [0.1, 0.15) is 16.8 Å². The highest BCUT2D eigenvalue weighted by Crippen LogP contribution is 2.23. The van der Waals surface area contributed by atoms with Gasteiger partial charge < -0.3 is 20.6 Å². The zero-order valence-electron chi connectivity index (χ0n) is 11.6. The number of carbonyl (C=O) groups excluding carboxylic acids is 1. The molecule has 2 heterocycles. The first-order valence-electron chi connectivity index (χ1n) is 6.44. The number of β-amino-alcohol motifs (C(OH)–C–C–N with tert-alkyl or cyclic N) is 1. The summed E-state index contributed by atoms with van der Waals surface area (Å²) >= 11 is 0. The Morgan fingerprint density at radius 3 is 3.00 bits per heavy atom.